The van der Waals surface area contributed by atoms with Crippen LogP contribution in [0.15, 0.2) is 48.5 Å². The van der Waals surface area contributed by atoms with Gasteiger partial charge in [-0.15, -0.1) is 0 Å². The van der Waals surface area contributed by atoms with E-state index in [0.717, 1.165) is 5.56 Å². The number of hydrogen-bond acceptors (Lipinski definition) is 3. The molecule has 3 N–H and O–H groups in total. The van der Waals surface area contributed by atoms with E-state index in [4.69, 9.17) is 0 Å². The molecule has 2 aromatic carbocycles. The number of rotatable bonds is 5. The molecule has 19 heavy (non-hydrogen) atoms. The van der Waals surface area contributed by atoms with Gasteiger partial charge in [0.15, 0.2) is 0 Å². The zero-order valence-corrected chi connectivity index (χ0v) is 10.4. The maximum Gasteiger partial charge on any atom is 0.123 e. The maximum atomic E-state index is 12.7. The van der Waals surface area contributed by atoms with Gasteiger partial charge in [0.1, 0.15) is 11.6 Å². The third kappa shape index (κ3) is 4.05. The molecule has 4 heteroatoms. The zero-order chi connectivity index (χ0) is 13.7. The fourth-order valence-electron chi connectivity index (χ4n) is 1.81. The molecule has 2 rings (SSSR count). The van der Waals surface area contributed by atoms with Gasteiger partial charge < -0.3 is 15.5 Å². The second-order valence-corrected chi connectivity index (χ2v) is 4.37. The summed E-state index contributed by atoms with van der Waals surface area (Å²) in [6.45, 7) is 0.914. The predicted octanol–water partition coefficient (Wildman–Crippen LogP) is 2.35. The fourth-order valence-corrected chi connectivity index (χ4v) is 1.81. The van der Waals surface area contributed by atoms with E-state index in [-0.39, 0.29) is 11.6 Å². The van der Waals surface area contributed by atoms with Crippen molar-refractivity contribution >= 4 is 0 Å². The Labute approximate surface area is 111 Å². The van der Waals surface area contributed by atoms with Gasteiger partial charge in [-0.05, 0) is 35.4 Å². The summed E-state index contributed by atoms with van der Waals surface area (Å²) in [6, 6.07) is 12.7. The lowest BCUT2D eigenvalue weighted by molar-refractivity contribution is 0.174. The largest absolute Gasteiger partial charge is 0.508 e. The lowest BCUT2D eigenvalue weighted by Crippen LogP contribution is -2.21. The van der Waals surface area contributed by atoms with Crippen LogP contribution in [0.4, 0.5) is 4.39 Å². The van der Waals surface area contributed by atoms with Crippen LogP contribution in [0.1, 0.15) is 17.2 Å². The van der Waals surface area contributed by atoms with Crippen LogP contribution in [0.5, 0.6) is 5.75 Å². The number of aromatic hydroxyl groups is 1. The Morgan fingerprint density at radius 2 is 1.84 bits per heavy atom. The molecule has 0 spiro atoms. The van der Waals surface area contributed by atoms with E-state index in [0.29, 0.717) is 18.7 Å². The van der Waals surface area contributed by atoms with E-state index in [9.17, 15) is 14.6 Å². The summed E-state index contributed by atoms with van der Waals surface area (Å²) >= 11 is 0. The van der Waals surface area contributed by atoms with Crippen LogP contribution in [0, 0.1) is 5.82 Å². The molecule has 0 bridgehead atoms. The van der Waals surface area contributed by atoms with Gasteiger partial charge in [-0.3, -0.25) is 0 Å². The summed E-state index contributed by atoms with van der Waals surface area (Å²) in [7, 11) is 0. The lowest BCUT2D eigenvalue weighted by Gasteiger charge is -2.12. The summed E-state index contributed by atoms with van der Waals surface area (Å²) in [5, 5.41) is 22.3. The number of halogens is 1. The fraction of sp³-hybridized carbons (Fsp3) is 0.200. The monoisotopic (exact) mass is 261 g/mol. The summed E-state index contributed by atoms with van der Waals surface area (Å²) in [5.41, 5.74) is 1.61. The van der Waals surface area contributed by atoms with Crippen LogP contribution in [0.2, 0.25) is 0 Å². The molecule has 0 fully saturated rings. The highest BCUT2D eigenvalue weighted by atomic mass is 19.1. The van der Waals surface area contributed by atoms with Crippen molar-refractivity contribution in [3.63, 3.8) is 0 Å². The van der Waals surface area contributed by atoms with Crippen molar-refractivity contribution in [3.8, 4) is 5.75 Å². The van der Waals surface area contributed by atoms with E-state index in [1.54, 1.807) is 30.3 Å². The van der Waals surface area contributed by atoms with Gasteiger partial charge >= 0.3 is 0 Å². The highest BCUT2D eigenvalue weighted by Gasteiger charge is 2.07. The van der Waals surface area contributed by atoms with Gasteiger partial charge in [0, 0.05) is 13.1 Å². The van der Waals surface area contributed by atoms with Gasteiger partial charge in [-0.1, -0.05) is 24.3 Å². The molecule has 3 nitrogen and oxygen atoms in total. The second kappa shape index (κ2) is 6.31. The minimum Gasteiger partial charge on any atom is -0.508 e. The summed E-state index contributed by atoms with van der Waals surface area (Å²) in [5.74, 6) is -0.126. The molecule has 100 valence electrons. The highest BCUT2D eigenvalue weighted by Crippen LogP contribution is 2.17. The average molecular weight is 261 g/mol. The number of benzene rings is 2. The highest BCUT2D eigenvalue weighted by molar-refractivity contribution is 5.28. The first-order valence-electron chi connectivity index (χ1n) is 6.07. The molecule has 0 saturated carbocycles. The number of nitrogens with one attached hydrogen (secondary N) is 1. The lowest BCUT2D eigenvalue weighted by atomic mass is 10.1. The predicted molar refractivity (Wildman–Crippen MR) is 71.2 cm³/mol. The van der Waals surface area contributed by atoms with E-state index in [1.165, 1.54) is 18.2 Å². The van der Waals surface area contributed by atoms with Crippen LogP contribution in [-0.4, -0.2) is 16.8 Å². The van der Waals surface area contributed by atoms with Crippen LogP contribution >= 0.6 is 0 Å². The average Bonchev–Trinajstić information content (AvgIpc) is 2.41. The first-order chi connectivity index (χ1) is 9.15. The van der Waals surface area contributed by atoms with Crippen molar-refractivity contribution in [1.29, 1.82) is 0 Å². The van der Waals surface area contributed by atoms with Crippen molar-refractivity contribution in [2.45, 2.75) is 12.6 Å². The molecule has 0 amide bonds. The molecule has 0 heterocycles. The smallest absolute Gasteiger partial charge is 0.123 e. The van der Waals surface area contributed by atoms with Crippen molar-refractivity contribution in [1.82, 2.24) is 5.32 Å². The van der Waals surface area contributed by atoms with Gasteiger partial charge in [-0.25, -0.2) is 4.39 Å². The third-order valence-corrected chi connectivity index (χ3v) is 2.84. The molecule has 2 aromatic rings. The molecular weight excluding hydrogens is 245 g/mol. The first-order valence-corrected chi connectivity index (χ1v) is 6.07. The van der Waals surface area contributed by atoms with Crippen molar-refractivity contribution in [2.75, 3.05) is 6.54 Å². The molecule has 1 atom stereocenters. The number of phenolic OH excluding ortho intramolecular Hbond substituents is 1. The van der Waals surface area contributed by atoms with Gasteiger partial charge in [0.2, 0.25) is 0 Å². The number of hydrogen-bond donors (Lipinski definition) is 3. The van der Waals surface area contributed by atoms with Crippen molar-refractivity contribution in [2.24, 2.45) is 0 Å². The minimum absolute atomic E-state index is 0.134. The molecule has 0 aliphatic carbocycles. The van der Waals surface area contributed by atoms with Gasteiger partial charge in [0.05, 0.1) is 6.10 Å². The van der Waals surface area contributed by atoms with Crippen LogP contribution < -0.4 is 5.32 Å². The maximum absolute atomic E-state index is 12.7. The summed E-state index contributed by atoms with van der Waals surface area (Å²) in [6.07, 6.45) is -0.687. The molecule has 0 unspecified atom stereocenters. The standard InChI is InChI=1S/C15H16FNO2/c16-13-6-4-11(5-7-13)9-17-10-15(19)12-2-1-3-14(18)8-12/h1-8,15,17-19H,9-10H2/t15-/m1/s1. The number of phenols is 1. The van der Waals surface area contributed by atoms with Crippen molar-refractivity contribution in [3.05, 3.63) is 65.5 Å². The Bertz CT molecular complexity index is 528. The number of aliphatic hydroxyl groups excluding tert-OH is 1. The van der Waals surface area contributed by atoms with E-state index in [2.05, 4.69) is 5.32 Å². The Morgan fingerprint density at radius 1 is 1.11 bits per heavy atom. The Morgan fingerprint density at radius 3 is 2.53 bits per heavy atom. The molecule has 0 aliphatic rings. The van der Waals surface area contributed by atoms with Crippen LogP contribution in [0.3, 0.4) is 0 Å². The molecule has 0 aliphatic heterocycles. The second-order valence-electron chi connectivity index (χ2n) is 4.37. The van der Waals surface area contributed by atoms with E-state index < -0.39 is 6.10 Å². The van der Waals surface area contributed by atoms with E-state index in [1.807, 2.05) is 0 Å². The topological polar surface area (TPSA) is 52.5 Å². The van der Waals surface area contributed by atoms with Crippen molar-refractivity contribution < 1.29 is 14.6 Å². The first kappa shape index (κ1) is 13.5. The molecule has 0 aromatic heterocycles. The number of aliphatic hydroxyl groups is 1. The van der Waals surface area contributed by atoms with E-state index >= 15 is 0 Å². The Hall–Kier alpha value is -1.91. The zero-order valence-electron chi connectivity index (χ0n) is 10.4. The summed E-state index contributed by atoms with van der Waals surface area (Å²) in [4.78, 5) is 0. The van der Waals surface area contributed by atoms with Crippen LogP contribution in [-0.2, 0) is 6.54 Å². The third-order valence-electron chi connectivity index (χ3n) is 2.84. The minimum atomic E-state index is -0.687. The normalized spacial score (nSPS) is 12.3. The van der Waals surface area contributed by atoms with Crippen LogP contribution in [0.25, 0.3) is 0 Å². The SMILES string of the molecule is Oc1cccc([C@H](O)CNCc2ccc(F)cc2)c1. The summed E-state index contributed by atoms with van der Waals surface area (Å²) < 4.78 is 12.7. The van der Waals surface area contributed by atoms with Gasteiger partial charge in [-0.2, -0.15) is 0 Å². The molecule has 0 saturated heterocycles. The Kier molecular flexibility index (Phi) is 4.49. The Balaban J connectivity index is 1.84. The molecular formula is C15H16FNO2. The van der Waals surface area contributed by atoms with Gasteiger partial charge in [0.25, 0.3) is 0 Å². The molecule has 0 radical (unpaired) electrons. The quantitative estimate of drug-likeness (QED) is 0.774.